The van der Waals surface area contributed by atoms with Gasteiger partial charge in [-0.1, -0.05) is 6.07 Å². The van der Waals surface area contributed by atoms with Gasteiger partial charge in [0, 0.05) is 49.3 Å². The largest absolute Gasteiger partial charge is 0.497 e. The number of ether oxygens (including phenoxy) is 8. The van der Waals surface area contributed by atoms with Crippen molar-refractivity contribution in [3.8, 4) is 46.0 Å². The maximum atomic E-state index is 6.13. The molecule has 0 amide bonds. The first-order valence-corrected chi connectivity index (χ1v) is 15.8. The third-order valence-corrected chi connectivity index (χ3v) is 9.24. The molecule has 0 spiro atoms. The van der Waals surface area contributed by atoms with Crippen molar-refractivity contribution in [3.05, 3.63) is 105 Å². The van der Waals surface area contributed by atoms with Crippen molar-refractivity contribution in [2.45, 2.75) is 25.7 Å². The van der Waals surface area contributed by atoms with Crippen molar-refractivity contribution in [2.75, 3.05) is 56.9 Å². The topological polar surface area (TPSA) is 73.8 Å². The second-order valence-corrected chi connectivity index (χ2v) is 11.8. The molecule has 48 heavy (non-hydrogen) atoms. The molecule has 0 atom stereocenters. The highest BCUT2D eigenvalue weighted by atomic mass is 16.5. The maximum Gasteiger partial charge on any atom is 0.130 e. The van der Waals surface area contributed by atoms with Gasteiger partial charge in [-0.15, -0.1) is 0 Å². The Kier molecular flexibility index (Phi) is 9.44. The quantitative estimate of drug-likeness (QED) is 0.167. The van der Waals surface area contributed by atoms with Gasteiger partial charge in [0.05, 0.1) is 56.9 Å². The van der Waals surface area contributed by atoms with E-state index >= 15 is 0 Å². The second kappa shape index (κ2) is 13.9. The molecule has 0 fully saturated rings. The Morgan fingerprint density at radius 3 is 1.02 bits per heavy atom. The molecule has 0 heterocycles. The maximum absolute atomic E-state index is 6.13. The summed E-state index contributed by atoms with van der Waals surface area (Å²) in [6.45, 7) is 0. The average Bonchev–Trinajstić information content (AvgIpc) is 3.11. The van der Waals surface area contributed by atoms with Crippen LogP contribution in [0.1, 0.15) is 44.5 Å². The summed E-state index contributed by atoms with van der Waals surface area (Å²) < 4.78 is 47.3. The Labute approximate surface area is 282 Å². The summed E-state index contributed by atoms with van der Waals surface area (Å²) >= 11 is 0. The van der Waals surface area contributed by atoms with Gasteiger partial charge in [-0.3, -0.25) is 0 Å². The third-order valence-electron chi connectivity index (χ3n) is 9.24. The van der Waals surface area contributed by atoms with E-state index in [1.54, 1.807) is 56.9 Å². The van der Waals surface area contributed by atoms with E-state index in [-0.39, 0.29) is 0 Å². The molecule has 0 N–H and O–H groups in total. The van der Waals surface area contributed by atoms with Crippen LogP contribution in [0.2, 0.25) is 0 Å². The van der Waals surface area contributed by atoms with Crippen LogP contribution >= 0.6 is 0 Å². The van der Waals surface area contributed by atoms with Gasteiger partial charge in [-0.2, -0.15) is 0 Å². The van der Waals surface area contributed by atoms with Gasteiger partial charge < -0.3 is 37.9 Å². The molecule has 6 rings (SSSR count). The average molecular weight is 651 g/mol. The molecule has 8 bridgehead atoms. The summed E-state index contributed by atoms with van der Waals surface area (Å²) in [5, 5.41) is 2.04. The van der Waals surface area contributed by atoms with Crippen LogP contribution in [-0.4, -0.2) is 56.9 Å². The Morgan fingerprint density at radius 1 is 0.312 bits per heavy atom. The highest BCUT2D eigenvalue weighted by molar-refractivity contribution is 5.94. The van der Waals surface area contributed by atoms with E-state index in [1.165, 1.54) is 0 Å². The van der Waals surface area contributed by atoms with E-state index in [9.17, 15) is 0 Å². The molecule has 0 saturated carbocycles. The van der Waals surface area contributed by atoms with Crippen LogP contribution in [0.15, 0.2) is 60.7 Å². The molecule has 0 aromatic heterocycles. The first-order valence-electron chi connectivity index (χ1n) is 15.8. The zero-order valence-electron chi connectivity index (χ0n) is 28.9. The molecular weight excluding hydrogens is 608 g/mol. The lowest BCUT2D eigenvalue weighted by atomic mass is 9.89. The molecule has 0 unspecified atom stereocenters. The van der Waals surface area contributed by atoms with Crippen LogP contribution in [0.3, 0.4) is 0 Å². The molecule has 0 saturated heterocycles. The van der Waals surface area contributed by atoms with Gasteiger partial charge in [-0.05, 0) is 86.3 Å². The minimum Gasteiger partial charge on any atom is -0.497 e. The van der Waals surface area contributed by atoms with Crippen LogP contribution in [0.25, 0.3) is 10.8 Å². The summed E-state index contributed by atoms with van der Waals surface area (Å²) in [5.74, 6) is 5.99. The predicted octanol–water partition coefficient (Wildman–Crippen LogP) is 7.59. The van der Waals surface area contributed by atoms with Crippen LogP contribution in [0.4, 0.5) is 0 Å². The van der Waals surface area contributed by atoms with Crippen LogP contribution in [0.5, 0.6) is 46.0 Å². The Bertz CT molecular complexity index is 1980. The van der Waals surface area contributed by atoms with Gasteiger partial charge in [0.1, 0.15) is 46.0 Å². The molecule has 1 aliphatic carbocycles. The summed E-state index contributed by atoms with van der Waals surface area (Å²) in [4.78, 5) is 0. The molecule has 5 aromatic carbocycles. The van der Waals surface area contributed by atoms with Crippen molar-refractivity contribution in [3.63, 3.8) is 0 Å². The third kappa shape index (κ3) is 5.99. The Morgan fingerprint density at radius 2 is 0.667 bits per heavy atom. The molecule has 8 heteroatoms. The lowest BCUT2D eigenvalue weighted by molar-refractivity contribution is 0.384. The number of methoxy groups -OCH3 is 8. The van der Waals surface area contributed by atoms with Crippen LogP contribution < -0.4 is 37.9 Å². The van der Waals surface area contributed by atoms with Crippen LogP contribution in [0, 0.1) is 0 Å². The van der Waals surface area contributed by atoms with E-state index in [4.69, 9.17) is 37.9 Å². The Balaban J connectivity index is 1.69. The first-order chi connectivity index (χ1) is 23.4. The minimum atomic E-state index is 0.561. The van der Waals surface area contributed by atoms with E-state index in [0.29, 0.717) is 25.7 Å². The number of rotatable bonds is 8. The fourth-order valence-corrected chi connectivity index (χ4v) is 6.92. The number of hydrogen-bond donors (Lipinski definition) is 0. The van der Waals surface area contributed by atoms with Gasteiger partial charge in [-0.25, -0.2) is 0 Å². The van der Waals surface area contributed by atoms with Gasteiger partial charge in [0.25, 0.3) is 0 Å². The summed E-state index contributed by atoms with van der Waals surface area (Å²) in [6.07, 6.45) is 2.28. The Hall–Kier alpha value is -5.24. The minimum absolute atomic E-state index is 0.561. The van der Waals surface area contributed by atoms with Gasteiger partial charge in [0.15, 0.2) is 0 Å². The molecule has 8 nitrogen and oxygen atoms in total. The zero-order valence-corrected chi connectivity index (χ0v) is 28.9. The lowest BCUT2D eigenvalue weighted by Gasteiger charge is -2.22. The van der Waals surface area contributed by atoms with E-state index in [1.807, 2.05) is 24.3 Å². The summed E-state index contributed by atoms with van der Waals surface area (Å²) in [7, 11) is 13.5. The molecule has 5 aromatic rings. The highest BCUT2D eigenvalue weighted by Gasteiger charge is 2.22. The molecular formula is C40H42O8. The molecule has 0 aliphatic heterocycles. The van der Waals surface area contributed by atoms with Gasteiger partial charge >= 0.3 is 0 Å². The number of benzene rings is 5. The van der Waals surface area contributed by atoms with Crippen molar-refractivity contribution < 1.29 is 37.9 Å². The van der Waals surface area contributed by atoms with Gasteiger partial charge in [0.2, 0.25) is 0 Å². The standard InChI is InChI=1S/C40H42O8/c1-41-31-9-10-32-33(19-31)23-11-24-13-25(35(43-3)20-34(24)42-2)14-26-15-27(37(45-5)21-36(26)44-4)16-28-17-29(18-30(12-23)40(32)48-8)39(47-7)22-38(28)46-6/h9-10,12-13,15,17,19-22H,11,14,16,18H2,1-8H3. The molecule has 250 valence electrons. The number of fused-ring (bicyclic) bond motifs is 10. The molecule has 0 radical (unpaired) electrons. The fourth-order valence-electron chi connectivity index (χ4n) is 6.92. The first kappa shape index (κ1) is 32.7. The summed E-state index contributed by atoms with van der Waals surface area (Å²) in [6, 6.07) is 20.7. The van der Waals surface area contributed by atoms with E-state index < -0.39 is 0 Å². The predicted molar refractivity (Wildman–Crippen MR) is 187 cm³/mol. The highest BCUT2D eigenvalue weighted by Crippen LogP contribution is 2.42. The second-order valence-electron chi connectivity index (χ2n) is 11.8. The van der Waals surface area contributed by atoms with E-state index in [0.717, 1.165) is 101 Å². The lowest BCUT2D eigenvalue weighted by Crippen LogP contribution is -2.06. The van der Waals surface area contributed by atoms with Crippen LogP contribution in [-0.2, 0) is 25.7 Å². The zero-order chi connectivity index (χ0) is 33.9. The SMILES string of the molecule is COc1ccc2c(OC)c3cc(c2c1)Cc1cc(c(OC)cc1OC)Cc1cc(c(OC)cc1OC)Cc1cc(c(OC)cc1OC)C3. The van der Waals surface area contributed by atoms with E-state index in [2.05, 4.69) is 36.4 Å². The normalized spacial score (nSPS) is 12.2. The van der Waals surface area contributed by atoms with Crippen molar-refractivity contribution in [1.82, 2.24) is 0 Å². The summed E-state index contributed by atoms with van der Waals surface area (Å²) in [5.41, 5.74) is 8.19. The monoisotopic (exact) mass is 650 g/mol. The number of hydrogen-bond acceptors (Lipinski definition) is 8. The van der Waals surface area contributed by atoms with Crippen molar-refractivity contribution in [1.29, 1.82) is 0 Å². The fraction of sp³-hybridized carbons (Fsp3) is 0.300. The van der Waals surface area contributed by atoms with Crippen molar-refractivity contribution in [2.24, 2.45) is 0 Å². The van der Waals surface area contributed by atoms with Crippen molar-refractivity contribution >= 4 is 10.8 Å². The smallest absolute Gasteiger partial charge is 0.130 e. The molecule has 1 aliphatic rings.